The first kappa shape index (κ1) is 27.5. The van der Waals surface area contributed by atoms with Gasteiger partial charge in [-0.05, 0) is 88.1 Å². The molecule has 0 bridgehead atoms. The Morgan fingerprint density at radius 2 is 1.02 bits per heavy atom. The van der Waals surface area contributed by atoms with Gasteiger partial charge in [-0.25, -0.2) is 0 Å². The summed E-state index contributed by atoms with van der Waals surface area (Å²) in [5.41, 5.74) is 11.2. The predicted octanol–water partition coefficient (Wildman–Crippen LogP) is 13.4. The smallest absolute Gasteiger partial charge is 0.145 e. The molecular formula is C46H29NO2. The highest BCUT2D eigenvalue weighted by Gasteiger charge is 2.22. The number of rotatable bonds is 5. The number of benzene rings is 8. The van der Waals surface area contributed by atoms with Crippen LogP contribution in [0.1, 0.15) is 0 Å². The van der Waals surface area contributed by atoms with E-state index in [9.17, 15) is 0 Å². The summed E-state index contributed by atoms with van der Waals surface area (Å²) in [6.07, 6.45) is 0. The van der Waals surface area contributed by atoms with Gasteiger partial charge in [-0.15, -0.1) is 0 Å². The number of anilines is 3. The van der Waals surface area contributed by atoms with E-state index in [0.717, 1.165) is 83.2 Å². The zero-order valence-corrected chi connectivity index (χ0v) is 26.5. The molecule has 0 radical (unpaired) electrons. The van der Waals surface area contributed by atoms with E-state index in [4.69, 9.17) is 8.83 Å². The second kappa shape index (κ2) is 11.0. The SMILES string of the molecule is c1ccc(N(c2ccc3ccccc3c2)c2ccc(-c3ccc(-c4ccc5c(c4)oc4ccccc45)cc3)c3oc4ccccc4c23)cc1. The number of hydrogen-bond donors (Lipinski definition) is 0. The predicted molar refractivity (Wildman–Crippen MR) is 204 cm³/mol. The molecule has 3 heteroatoms. The van der Waals surface area contributed by atoms with Gasteiger partial charge in [0.2, 0.25) is 0 Å². The van der Waals surface area contributed by atoms with Crippen LogP contribution in [0.15, 0.2) is 185 Å². The van der Waals surface area contributed by atoms with Gasteiger partial charge in [0.15, 0.2) is 0 Å². The summed E-state index contributed by atoms with van der Waals surface area (Å²) in [5.74, 6) is 0. The number of para-hydroxylation sites is 3. The Balaban J connectivity index is 1.12. The maximum absolute atomic E-state index is 6.72. The molecule has 0 unspecified atom stereocenters. The normalized spacial score (nSPS) is 11.7. The fourth-order valence-electron chi connectivity index (χ4n) is 7.29. The molecule has 0 N–H and O–H groups in total. The lowest BCUT2D eigenvalue weighted by Gasteiger charge is -2.27. The third-order valence-corrected chi connectivity index (χ3v) is 9.66. The van der Waals surface area contributed by atoms with Crippen LogP contribution in [0.3, 0.4) is 0 Å². The molecule has 2 aromatic heterocycles. The third-order valence-electron chi connectivity index (χ3n) is 9.66. The van der Waals surface area contributed by atoms with Gasteiger partial charge < -0.3 is 13.7 Å². The molecule has 0 aliphatic rings. The zero-order chi connectivity index (χ0) is 32.3. The molecular weight excluding hydrogens is 599 g/mol. The van der Waals surface area contributed by atoms with E-state index in [1.807, 2.05) is 18.2 Å². The summed E-state index contributed by atoms with van der Waals surface area (Å²) in [6, 6.07) is 62.0. The Morgan fingerprint density at radius 3 is 1.86 bits per heavy atom. The second-order valence-corrected chi connectivity index (χ2v) is 12.5. The molecule has 0 aliphatic carbocycles. The molecule has 230 valence electrons. The molecule has 2 heterocycles. The van der Waals surface area contributed by atoms with Crippen LogP contribution in [0, 0.1) is 0 Å². The molecule has 0 aliphatic heterocycles. The van der Waals surface area contributed by atoms with Crippen LogP contribution in [0.5, 0.6) is 0 Å². The summed E-state index contributed by atoms with van der Waals surface area (Å²) in [7, 11) is 0. The van der Waals surface area contributed by atoms with Crippen molar-refractivity contribution in [2.45, 2.75) is 0 Å². The average molecular weight is 628 g/mol. The van der Waals surface area contributed by atoms with E-state index in [1.165, 1.54) is 10.8 Å². The van der Waals surface area contributed by atoms with Crippen molar-refractivity contribution < 1.29 is 8.83 Å². The Labute approximate surface area is 282 Å². The summed E-state index contributed by atoms with van der Waals surface area (Å²) in [6.45, 7) is 0. The van der Waals surface area contributed by atoms with Crippen molar-refractivity contribution in [3.05, 3.63) is 176 Å². The van der Waals surface area contributed by atoms with Crippen LogP contribution in [0.25, 0.3) is 76.9 Å². The average Bonchev–Trinajstić information content (AvgIpc) is 3.74. The van der Waals surface area contributed by atoms with Crippen molar-refractivity contribution in [1.29, 1.82) is 0 Å². The number of nitrogens with zero attached hydrogens (tertiary/aromatic N) is 1. The maximum atomic E-state index is 6.72. The Bertz CT molecular complexity index is 2830. The summed E-state index contributed by atoms with van der Waals surface area (Å²) >= 11 is 0. The number of hydrogen-bond acceptors (Lipinski definition) is 3. The molecule has 0 atom stereocenters. The lowest BCUT2D eigenvalue weighted by atomic mass is 9.97. The highest BCUT2D eigenvalue weighted by atomic mass is 16.3. The first-order valence-corrected chi connectivity index (χ1v) is 16.6. The van der Waals surface area contributed by atoms with Gasteiger partial charge in [0.1, 0.15) is 22.3 Å². The fraction of sp³-hybridized carbons (Fsp3) is 0. The zero-order valence-electron chi connectivity index (χ0n) is 26.5. The Hall–Kier alpha value is -6.58. The van der Waals surface area contributed by atoms with Gasteiger partial charge in [0.25, 0.3) is 0 Å². The van der Waals surface area contributed by atoms with E-state index in [0.29, 0.717) is 0 Å². The Kier molecular flexibility index (Phi) is 6.18. The third kappa shape index (κ3) is 4.51. The van der Waals surface area contributed by atoms with Crippen molar-refractivity contribution >= 4 is 71.7 Å². The molecule has 3 nitrogen and oxygen atoms in total. The molecule has 10 rings (SSSR count). The summed E-state index contributed by atoms with van der Waals surface area (Å²) in [4.78, 5) is 2.35. The Morgan fingerprint density at radius 1 is 0.367 bits per heavy atom. The van der Waals surface area contributed by atoms with Crippen molar-refractivity contribution in [2.24, 2.45) is 0 Å². The molecule has 0 amide bonds. The van der Waals surface area contributed by atoms with Crippen molar-refractivity contribution in [3.8, 4) is 22.3 Å². The molecule has 8 aromatic carbocycles. The van der Waals surface area contributed by atoms with E-state index >= 15 is 0 Å². The maximum Gasteiger partial charge on any atom is 0.145 e. The van der Waals surface area contributed by atoms with Crippen LogP contribution in [0.4, 0.5) is 17.1 Å². The topological polar surface area (TPSA) is 29.5 Å². The van der Waals surface area contributed by atoms with E-state index in [-0.39, 0.29) is 0 Å². The fourth-order valence-corrected chi connectivity index (χ4v) is 7.29. The second-order valence-electron chi connectivity index (χ2n) is 12.5. The molecule has 49 heavy (non-hydrogen) atoms. The largest absolute Gasteiger partial charge is 0.456 e. The monoisotopic (exact) mass is 627 g/mol. The van der Waals surface area contributed by atoms with E-state index in [2.05, 4.69) is 163 Å². The number of furan rings is 2. The van der Waals surface area contributed by atoms with Gasteiger partial charge in [-0.2, -0.15) is 0 Å². The molecule has 0 spiro atoms. The van der Waals surface area contributed by atoms with E-state index in [1.54, 1.807) is 0 Å². The van der Waals surface area contributed by atoms with Crippen molar-refractivity contribution in [3.63, 3.8) is 0 Å². The highest BCUT2D eigenvalue weighted by molar-refractivity contribution is 6.17. The lowest BCUT2D eigenvalue weighted by Crippen LogP contribution is -2.10. The van der Waals surface area contributed by atoms with Crippen molar-refractivity contribution in [2.75, 3.05) is 4.90 Å². The standard InChI is InChI=1S/C46H29NO2/c1-2-12-35(13-3-1)47(36-24-22-30-10-4-5-11-33(30)28-36)41-27-26-37(46-45(41)40-15-7-9-17-43(40)49-46)32-20-18-31(19-21-32)34-23-25-39-38-14-6-8-16-42(38)48-44(39)29-34/h1-29H. The minimum Gasteiger partial charge on any atom is -0.456 e. The van der Waals surface area contributed by atoms with Crippen LogP contribution >= 0.6 is 0 Å². The highest BCUT2D eigenvalue weighted by Crippen LogP contribution is 2.46. The molecule has 0 saturated carbocycles. The van der Waals surface area contributed by atoms with Crippen LogP contribution in [-0.2, 0) is 0 Å². The molecule has 10 aromatic rings. The quantitative estimate of drug-likeness (QED) is 0.190. The molecule has 0 saturated heterocycles. The minimum atomic E-state index is 0.869. The molecule has 0 fully saturated rings. The van der Waals surface area contributed by atoms with Gasteiger partial charge in [0.05, 0.1) is 11.1 Å². The summed E-state index contributed by atoms with van der Waals surface area (Å²) < 4.78 is 12.9. The number of fused-ring (bicyclic) bond motifs is 7. The van der Waals surface area contributed by atoms with Crippen LogP contribution < -0.4 is 4.90 Å². The summed E-state index contributed by atoms with van der Waals surface area (Å²) in [5, 5.41) is 6.87. The van der Waals surface area contributed by atoms with Gasteiger partial charge in [-0.3, -0.25) is 0 Å². The first-order chi connectivity index (χ1) is 24.3. The van der Waals surface area contributed by atoms with Gasteiger partial charge >= 0.3 is 0 Å². The van der Waals surface area contributed by atoms with E-state index < -0.39 is 0 Å². The van der Waals surface area contributed by atoms with Gasteiger partial charge in [0, 0.05) is 33.1 Å². The van der Waals surface area contributed by atoms with Crippen LogP contribution in [-0.4, -0.2) is 0 Å². The lowest BCUT2D eigenvalue weighted by molar-refractivity contribution is 0.669. The van der Waals surface area contributed by atoms with Crippen LogP contribution in [0.2, 0.25) is 0 Å². The first-order valence-electron chi connectivity index (χ1n) is 16.6. The van der Waals surface area contributed by atoms with Crippen molar-refractivity contribution in [1.82, 2.24) is 0 Å². The minimum absolute atomic E-state index is 0.869. The van der Waals surface area contributed by atoms with Gasteiger partial charge in [-0.1, -0.05) is 115 Å².